The maximum atomic E-state index is 11.6. The molecule has 1 saturated carbocycles. The zero-order valence-corrected chi connectivity index (χ0v) is 8.46. The third-order valence-electron chi connectivity index (χ3n) is 3.29. The Labute approximate surface area is 79.1 Å². The first-order valence-corrected chi connectivity index (χ1v) is 6.69. The molecule has 1 saturated heterocycles. The summed E-state index contributed by atoms with van der Waals surface area (Å²) in [6.45, 7) is 0.0502. The smallest absolute Gasteiger partial charge is 0.153 e. The second-order valence-electron chi connectivity index (χ2n) is 4.23. The van der Waals surface area contributed by atoms with E-state index in [1.165, 1.54) is 0 Å². The van der Waals surface area contributed by atoms with Gasteiger partial charge in [0.25, 0.3) is 0 Å². The molecule has 4 heteroatoms. The van der Waals surface area contributed by atoms with Gasteiger partial charge in [0.15, 0.2) is 9.84 Å². The van der Waals surface area contributed by atoms with Crippen molar-refractivity contribution in [3.8, 4) is 0 Å². The first-order valence-electron chi connectivity index (χ1n) is 4.97. The van der Waals surface area contributed by atoms with Gasteiger partial charge < -0.3 is 5.11 Å². The summed E-state index contributed by atoms with van der Waals surface area (Å²) in [5, 5.41) is 8.93. The van der Waals surface area contributed by atoms with E-state index in [1.54, 1.807) is 0 Å². The third kappa shape index (κ3) is 1.74. The number of rotatable bonds is 3. The highest BCUT2D eigenvalue weighted by atomic mass is 32.2. The van der Waals surface area contributed by atoms with Gasteiger partial charge in [0.1, 0.15) is 0 Å². The summed E-state index contributed by atoms with van der Waals surface area (Å²) in [5.74, 6) is 0.858. The van der Waals surface area contributed by atoms with Crippen molar-refractivity contribution in [1.29, 1.82) is 0 Å². The van der Waals surface area contributed by atoms with Crippen LogP contribution in [0, 0.1) is 11.8 Å². The number of hydrogen-bond donors (Lipinski definition) is 1. The Balaban J connectivity index is 2.13. The highest BCUT2D eigenvalue weighted by Crippen LogP contribution is 2.42. The highest BCUT2D eigenvalue weighted by molar-refractivity contribution is 7.92. The molecule has 2 atom stereocenters. The molecule has 1 heterocycles. The molecule has 1 aliphatic heterocycles. The van der Waals surface area contributed by atoms with Gasteiger partial charge >= 0.3 is 0 Å². The van der Waals surface area contributed by atoms with Crippen LogP contribution < -0.4 is 0 Å². The molecule has 1 aliphatic carbocycles. The number of hydrogen-bond acceptors (Lipinski definition) is 3. The van der Waals surface area contributed by atoms with Crippen LogP contribution in [0.5, 0.6) is 0 Å². The molecule has 0 aromatic carbocycles. The normalized spacial score (nSPS) is 34.7. The van der Waals surface area contributed by atoms with Crippen LogP contribution in [0.15, 0.2) is 0 Å². The predicted octanol–water partition coefficient (Wildman–Crippen LogP) is 0.582. The van der Waals surface area contributed by atoms with E-state index in [9.17, 15) is 8.42 Å². The molecule has 0 amide bonds. The van der Waals surface area contributed by atoms with E-state index in [4.69, 9.17) is 5.11 Å². The van der Waals surface area contributed by atoms with Crippen LogP contribution in [0.4, 0.5) is 0 Å². The lowest BCUT2D eigenvalue weighted by atomic mass is 9.98. The zero-order chi connectivity index (χ0) is 9.47. The molecular formula is C9H16O3S. The Kier molecular flexibility index (Phi) is 2.36. The quantitative estimate of drug-likeness (QED) is 0.731. The zero-order valence-electron chi connectivity index (χ0n) is 7.65. The Morgan fingerprint density at radius 2 is 2.00 bits per heavy atom. The molecule has 2 fully saturated rings. The van der Waals surface area contributed by atoms with Gasteiger partial charge in [0.05, 0.1) is 11.0 Å². The molecule has 0 aromatic rings. The number of aliphatic hydroxyl groups excluding tert-OH is 1. The molecule has 2 unspecified atom stereocenters. The van der Waals surface area contributed by atoms with Crippen LogP contribution in [-0.4, -0.2) is 31.1 Å². The minimum Gasteiger partial charge on any atom is -0.396 e. The molecule has 2 aliphatic rings. The minimum absolute atomic E-state index is 0.0347. The number of sulfone groups is 1. The van der Waals surface area contributed by atoms with Crippen LogP contribution >= 0.6 is 0 Å². The molecule has 13 heavy (non-hydrogen) atoms. The lowest BCUT2D eigenvalue weighted by Crippen LogP contribution is -2.30. The summed E-state index contributed by atoms with van der Waals surface area (Å²) in [6, 6.07) is 0. The van der Waals surface area contributed by atoms with Gasteiger partial charge in [-0.05, 0) is 31.6 Å². The topological polar surface area (TPSA) is 54.4 Å². The lowest BCUT2D eigenvalue weighted by Gasteiger charge is -2.19. The van der Waals surface area contributed by atoms with Gasteiger partial charge in [0.2, 0.25) is 0 Å². The maximum absolute atomic E-state index is 11.6. The van der Waals surface area contributed by atoms with Crippen LogP contribution in [-0.2, 0) is 9.84 Å². The van der Waals surface area contributed by atoms with Crippen molar-refractivity contribution in [2.45, 2.75) is 30.9 Å². The van der Waals surface area contributed by atoms with Crippen molar-refractivity contribution in [3.63, 3.8) is 0 Å². The molecule has 1 N–H and O–H groups in total. The average molecular weight is 204 g/mol. The second kappa shape index (κ2) is 3.24. The van der Waals surface area contributed by atoms with E-state index in [0.29, 0.717) is 11.7 Å². The van der Waals surface area contributed by atoms with Crippen molar-refractivity contribution >= 4 is 9.84 Å². The molecule has 2 rings (SSSR count). The monoisotopic (exact) mass is 204 g/mol. The highest BCUT2D eigenvalue weighted by Gasteiger charge is 2.44. The summed E-state index contributed by atoms with van der Waals surface area (Å²) in [6.07, 6.45) is 3.77. The fourth-order valence-corrected chi connectivity index (χ4v) is 4.63. The molecule has 0 bridgehead atoms. The predicted molar refractivity (Wildman–Crippen MR) is 50.1 cm³/mol. The Hall–Kier alpha value is -0.0900. The van der Waals surface area contributed by atoms with E-state index in [-0.39, 0.29) is 17.8 Å². The fraction of sp³-hybridized carbons (Fsp3) is 1.00. The van der Waals surface area contributed by atoms with Crippen molar-refractivity contribution in [2.24, 2.45) is 11.8 Å². The average Bonchev–Trinajstić information content (AvgIpc) is 2.81. The van der Waals surface area contributed by atoms with Crippen LogP contribution in [0.2, 0.25) is 0 Å². The number of aliphatic hydroxyl groups is 1. The van der Waals surface area contributed by atoms with Crippen LogP contribution in [0.1, 0.15) is 25.7 Å². The summed E-state index contributed by atoms with van der Waals surface area (Å²) >= 11 is 0. The van der Waals surface area contributed by atoms with Gasteiger partial charge in [-0.2, -0.15) is 0 Å². The first kappa shape index (κ1) is 9.46. The molecule has 0 spiro atoms. The van der Waals surface area contributed by atoms with Gasteiger partial charge in [0, 0.05) is 12.5 Å². The van der Waals surface area contributed by atoms with Crippen molar-refractivity contribution < 1.29 is 13.5 Å². The van der Waals surface area contributed by atoms with Crippen molar-refractivity contribution in [1.82, 2.24) is 0 Å². The van der Waals surface area contributed by atoms with E-state index in [1.807, 2.05) is 0 Å². The Morgan fingerprint density at radius 1 is 1.31 bits per heavy atom. The molecule has 76 valence electrons. The minimum atomic E-state index is -2.86. The van der Waals surface area contributed by atoms with Crippen LogP contribution in [0.3, 0.4) is 0 Å². The largest absolute Gasteiger partial charge is 0.396 e. The Bertz CT molecular complexity index is 279. The maximum Gasteiger partial charge on any atom is 0.153 e. The fourth-order valence-electron chi connectivity index (χ4n) is 2.39. The summed E-state index contributed by atoms with van der Waals surface area (Å²) < 4.78 is 23.2. The first-order chi connectivity index (χ1) is 6.15. The van der Waals surface area contributed by atoms with Crippen LogP contribution in [0.25, 0.3) is 0 Å². The van der Waals surface area contributed by atoms with E-state index < -0.39 is 9.84 Å². The SMILES string of the molecule is O=S1(=O)CCCC1C(CO)C1CC1. The van der Waals surface area contributed by atoms with Crippen molar-refractivity contribution in [2.75, 3.05) is 12.4 Å². The van der Waals surface area contributed by atoms with E-state index in [2.05, 4.69) is 0 Å². The third-order valence-corrected chi connectivity index (χ3v) is 5.66. The molecule has 3 nitrogen and oxygen atoms in total. The van der Waals surface area contributed by atoms with E-state index >= 15 is 0 Å². The van der Waals surface area contributed by atoms with Gasteiger partial charge in [-0.1, -0.05) is 0 Å². The molecular weight excluding hydrogens is 188 g/mol. The molecule has 0 aromatic heterocycles. The summed E-state index contributed by atoms with van der Waals surface area (Å²) in [7, 11) is -2.86. The van der Waals surface area contributed by atoms with Gasteiger partial charge in [-0.25, -0.2) is 8.42 Å². The van der Waals surface area contributed by atoms with Gasteiger partial charge in [-0.3, -0.25) is 0 Å². The Morgan fingerprint density at radius 3 is 2.38 bits per heavy atom. The summed E-state index contributed by atoms with van der Waals surface area (Å²) in [4.78, 5) is 0. The standard InChI is InChI=1S/C9H16O3S/c10-6-8(7-3-4-7)9-2-1-5-13(9,11)12/h7-10H,1-6H2. The van der Waals surface area contributed by atoms with Crippen molar-refractivity contribution in [3.05, 3.63) is 0 Å². The second-order valence-corrected chi connectivity index (χ2v) is 6.57. The molecule has 0 radical (unpaired) electrons. The van der Waals surface area contributed by atoms with Gasteiger partial charge in [-0.15, -0.1) is 0 Å². The summed E-state index contributed by atoms with van der Waals surface area (Å²) in [5.41, 5.74) is 0. The van der Waals surface area contributed by atoms with E-state index in [0.717, 1.165) is 25.7 Å². The lowest BCUT2D eigenvalue weighted by molar-refractivity contribution is 0.203.